The predicted molar refractivity (Wildman–Crippen MR) is 73.0 cm³/mol. The van der Waals surface area contributed by atoms with Gasteiger partial charge in [0, 0.05) is 12.2 Å². The summed E-state index contributed by atoms with van der Waals surface area (Å²) in [5, 5.41) is 7.91. The molecule has 3 rings (SSSR count). The normalized spacial score (nSPS) is 19.3. The first-order valence-electron chi connectivity index (χ1n) is 6.65. The van der Waals surface area contributed by atoms with E-state index < -0.39 is 0 Å². The maximum absolute atomic E-state index is 4.36. The van der Waals surface area contributed by atoms with Crippen LogP contribution in [0.4, 0.5) is 0 Å². The van der Waals surface area contributed by atoms with Gasteiger partial charge in [0.05, 0.1) is 11.9 Å². The van der Waals surface area contributed by atoms with E-state index in [4.69, 9.17) is 0 Å². The maximum atomic E-state index is 4.36. The van der Waals surface area contributed by atoms with Gasteiger partial charge in [-0.3, -0.25) is 0 Å². The molecule has 0 spiro atoms. The van der Waals surface area contributed by atoms with Crippen LogP contribution >= 0.6 is 0 Å². The van der Waals surface area contributed by atoms with Gasteiger partial charge in [-0.25, -0.2) is 4.68 Å². The molecule has 18 heavy (non-hydrogen) atoms. The summed E-state index contributed by atoms with van der Waals surface area (Å²) < 4.78 is 1.95. The van der Waals surface area contributed by atoms with Crippen LogP contribution in [-0.2, 0) is 6.42 Å². The van der Waals surface area contributed by atoms with Crippen molar-refractivity contribution in [1.82, 2.24) is 15.1 Å². The molecule has 2 heterocycles. The highest BCUT2D eigenvalue weighted by atomic mass is 15.3. The lowest BCUT2D eigenvalue weighted by Gasteiger charge is -2.11. The molecule has 94 valence electrons. The molecular weight excluding hydrogens is 222 g/mol. The fraction of sp³-hybridized carbons (Fsp3) is 0.400. The van der Waals surface area contributed by atoms with Crippen LogP contribution in [0.25, 0.3) is 5.69 Å². The van der Waals surface area contributed by atoms with Crippen molar-refractivity contribution in [3.05, 3.63) is 47.8 Å². The van der Waals surface area contributed by atoms with Crippen LogP contribution in [0, 0.1) is 6.92 Å². The van der Waals surface area contributed by atoms with Gasteiger partial charge in [-0.05, 0) is 56.0 Å². The third kappa shape index (κ3) is 2.46. The molecule has 1 aromatic heterocycles. The van der Waals surface area contributed by atoms with E-state index in [1.54, 1.807) is 0 Å². The van der Waals surface area contributed by atoms with E-state index in [1.807, 2.05) is 10.9 Å². The number of rotatable bonds is 3. The molecular formula is C15H19N3. The van der Waals surface area contributed by atoms with E-state index in [0.717, 1.165) is 12.1 Å². The van der Waals surface area contributed by atoms with Gasteiger partial charge in [0.15, 0.2) is 0 Å². The number of hydrogen-bond donors (Lipinski definition) is 1. The highest BCUT2D eigenvalue weighted by molar-refractivity contribution is 5.36. The molecule has 3 nitrogen and oxygen atoms in total. The minimum atomic E-state index is 0.652. The van der Waals surface area contributed by atoms with Gasteiger partial charge < -0.3 is 5.32 Å². The van der Waals surface area contributed by atoms with Crippen LogP contribution in [0.1, 0.15) is 24.0 Å². The van der Waals surface area contributed by atoms with Gasteiger partial charge in [0.1, 0.15) is 0 Å². The average Bonchev–Trinajstić information content (AvgIpc) is 3.01. The SMILES string of the molecule is Cc1cnn(-c2cccc(CC3CCCN3)c2)c1. The monoisotopic (exact) mass is 241 g/mol. The van der Waals surface area contributed by atoms with Gasteiger partial charge in [-0.1, -0.05) is 12.1 Å². The Morgan fingerprint density at radius 2 is 2.39 bits per heavy atom. The average molecular weight is 241 g/mol. The Labute approximate surface area is 108 Å². The first-order valence-corrected chi connectivity index (χ1v) is 6.65. The summed E-state index contributed by atoms with van der Waals surface area (Å²) in [4.78, 5) is 0. The van der Waals surface area contributed by atoms with E-state index in [0.29, 0.717) is 6.04 Å². The third-order valence-electron chi connectivity index (χ3n) is 3.53. The minimum absolute atomic E-state index is 0.652. The molecule has 1 aromatic carbocycles. The van der Waals surface area contributed by atoms with E-state index in [1.165, 1.54) is 30.5 Å². The second kappa shape index (κ2) is 4.94. The highest BCUT2D eigenvalue weighted by Crippen LogP contribution is 2.15. The first kappa shape index (κ1) is 11.5. The molecule has 2 aromatic rings. The molecule has 1 atom stereocenters. The molecule has 0 radical (unpaired) electrons. The van der Waals surface area contributed by atoms with Gasteiger partial charge in [-0.15, -0.1) is 0 Å². The Balaban J connectivity index is 1.80. The molecule has 0 amide bonds. The lowest BCUT2D eigenvalue weighted by molar-refractivity contribution is 0.603. The number of benzene rings is 1. The molecule has 1 aliphatic heterocycles. The fourth-order valence-electron chi connectivity index (χ4n) is 2.60. The second-order valence-corrected chi connectivity index (χ2v) is 5.13. The van der Waals surface area contributed by atoms with Crippen LogP contribution in [0.5, 0.6) is 0 Å². The number of aromatic nitrogens is 2. The van der Waals surface area contributed by atoms with Crippen molar-refractivity contribution in [2.75, 3.05) is 6.54 Å². The highest BCUT2D eigenvalue weighted by Gasteiger charge is 2.14. The predicted octanol–water partition coefficient (Wildman–Crippen LogP) is 2.48. The van der Waals surface area contributed by atoms with Gasteiger partial charge in [0.25, 0.3) is 0 Å². The van der Waals surface area contributed by atoms with Crippen molar-refractivity contribution in [1.29, 1.82) is 0 Å². The Morgan fingerprint density at radius 1 is 1.44 bits per heavy atom. The Bertz CT molecular complexity index is 524. The lowest BCUT2D eigenvalue weighted by atomic mass is 10.0. The Hall–Kier alpha value is -1.61. The molecule has 0 bridgehead atoms. The van der Waals surface area contributed by atoms with E-state index >= 15 is 0 Å². The Kier molecular flexibility index (Phi) is 3.15. The quantitative estimate of drug-likeness (QED) is 0.894. The van der Waals surface area contributed by atoms with Crippen molar-refractivity contribution < 1.29 is 0 Å². The second-order valence-electron chi connectivity index (χ2n) is 5.13. The summed E-state index contributed by atoms with van der Waals surface area (Å²) in [5.41, 5.74) is 3.73. The fourth-order valence-corrected chi connectivity index (χ4v) is 2.60. The molecule has 0 aliphatic carbocycles. The molecule has 1 fully saturated rings. The number of aryl methyl sites for hydroxylation is 1. The molecule has 3 heteroatoms. The van der Waals surface area contributed by atoms with Crippen molar-refractivity contribution in [3.63, 3.8) is 0 Å². The number of nitrogens with zero attached hydrogens (tertiary/aromatic N) is 2. The standard InChI is InChI=1S/C15H19N3/c1-12-10-17-18(11-12)15-6-2-4-13(9-15)8-14-5-3-7-16-14/h2,4,6,9-11,14,16H,3,5,7-8H2,1H3. The van der Waals surface area contributed by atoms with Gasteiger partial charge >= 0.3 is 0 Å². The molecule has 1 unspecified atom stereocenters. The van der Waals surface area contributed by atoms with Crippen LogP contribution in [-0.4, -0.2) is 22.4 Å². The molecule has 0 saturated carbocycles. The van der Waals surface area contributed by atoms with Crippen LogP contribution in [0.2, 0.25) is 0 Å². The Morgan fingerprint density at radius 3 is 3.11 bits per heavy atom. The first-order chi connectivity index (χ1) is 8.81. The summed E-state index contributed by atoms with van der Waals surface area (Å²) in [5.74, 6) is 0. The molecule has 1 N–H and O–H groups in total. The summed E-state index contributed by atoms with van der Waals surface area (Å²) in [6.45, 7) is 3.23. The number of hydrogen-bond acceptors (Lipinski definition) is 2. The van der Waals surface area contributed by atoms with E-state index in [9.17, 15) is 0 Å². The van der Waals surface area contributed by atoms with Gasteiger partial charge in [0.2, 0.25) is 0 Å². The van der Waals surface area contributed by atoms with Crippen molar-refractivity contribution in [2.24, 2.45) is 0 Å². The van der Waals surface area contributed by atoms with E-state index in [2.05, 4.69) is 47.8 Å². The molecule has 1 aliphatic rings. The zero-order valence-corrected chi connectivity index (χ0v) is 10.8. The zero-order chi connectivity index (χ0) is 12.4. The third-order valence-corrected chi connectivity index (χ3v) is 3.53. The van der Waals surface area contributed by atoms with Gasteiger partial charge in [-0.2, -0.15) is 5.10 Å². The van der Waals surface area contributed by atoms with E-state index in [-0.39, 0.29) is 0 Å². The van der Waals surface area contributed by atoms with Crippen molar-refractivity contribution in [2.45, 2.75) is 32.2 Å². The topological polar surface area (TPSA) is 29.9 Å². The van der Waals surface area contributed by atoms with Crippen molar-refractivity contribution in [3.8, 4) is 5.69 Å². The summed E-state index contributed by atoms with van der Waals surface area (Å²) in [6, 6.07) is 9.33. The van der Waals surface area contributed by atoms with Crippen LogP contribution < -0.4 is 5.32 Å². The maximum Gasteiger partial charge on any atom is 0.0648 e. The van der Waals surface area contributed by atoms with Crippen LogP contribution in [0.3, 0.4) is 0 Å². The lowest BCUT2D eigenvalue weighted by Crippen LogP contribution is -2.23. The summed E-state index contributed by atoms with van der Waals surface area (Å²) >= 11 is 0. The van der Waals surface area contributed by atoms with Crippen LogP contribution in [0.15, 0.2) is 36.7 Å². The van der Waals surface area contributed by atoms with Crippen molar-refractivity contribution >= 4 is 0 Å². The number of nitrogens with one attached hydrogen (secondary N) is 1. The summed E-state index contributed by atoms with van der Waals surface area (Å²) in [7, 11) is 0. The zero-order valence-electron chi connectivity index (χ0n) is 10.8. The minimum Gasteiger partial charge on any atom is -0.314 e. The largest absolute Gasteiger partial charge is 0.314 e. The smallest absolute Gasteiger partial charge is 0.0648 e. The summed E-state index contributed by atoms with van der Waals surface area (Å²) in [6.07, 6.45) is 7.68. The molecule has 1 saturated heterocycles.